The topological polar surface area (TPSA) is 0 Å². The predicted molar refractivity (Wildman–Crippen MR) is 113 cm³/mol. The summed E-state index contributed by atoms with van der Waals surface area (Å²) in [4.78, 5) is 0. The van der Waals surface area contributed by atoms with Crippen LogP contribution in [0.2, 0.25) is 0 Å². The largest absolute Gasteiger partial charge is 0.0654 e. The first-order valence-corrected chi connectivity index (χ1v) is 11.8. The van der Waals surface area contributed by atoms with Gasteiger partial charge >= 0.3 is 0 Å². The Labute approximate surface area is 155 Å². The third kappa shape index (κ3) is 14.4. The molecule has 0 spiro atoms. The first kappa shape index (κ1) is 24.0. The lowest BCUT2D eigenvalue weighted by molar-refractivity contribution is 0.241. The monoisotopic (exact) mass is 338 g/mol. The first-order valence-electron chi connectivity index (χ1n) is 11.8. The summed E-state index contributed by atoms with van der Waals surface area (Å²) in [6.07, 6.45) is 26.2. The quantitative estimate of drug-likeness (QED) is 0.206. The van der Waals surface area contributed by atoms with Gasteiger partial charge in [-0.3, -0.25) is 0 Å². The molecule has 0 rings (SSSR count). The Balaban J connectivity index is 4.09. The first-order chi connectivity index (χ1) is 11.8. The standard InChI is InChI=1S/C24H50/c1-5-9-13-14-15-16-17-18-22-24(21-12-8-4)23(19-10-6-2)20-11-7-3/h23-24H,5-22H2,1-4H3. The van der Waals surface area contributed by atoms with Crippen molar-refractivity contribution in [2.24, 2.45) is 11.8 Å². The summed E-state index contributed by atoms with van der Waals surface area (Å²) >= 11 is 0. The summed E-state index contributed by atoms with van der Waals surface area (Å²) in [6, 6.07) is 0. The van der Waals surface area contributed by atoms with Crippen molar-refractivity contribution in [2.75, 3.05) is 0 Å². The Morgan fingerprint density at radius 3 is 1.00 bits per heavy atom. The van der Waals surface area contributed by atoms with Crippen molar-refractivity contribution in [3.8, 4) is 0 Å². The third-order valence-corrected chi connectivity index (χ3v) is 5.88. The maximum Gasteiger partial charge on any atom is -0.0386 e. The molecule has 0 amide bonds. The molecular weight excluding hydrogens is 288 g/mol. The lowest BCUT2D eigenvalue weighted by Crippen LogP contribution is -2.16. The summed E-state index contributed by atoms with van der Waals surface area (Å²) in [7, 11) is 0. The smallest absolute Gasteiger partial charge is 0.0386 e. The van der Waals surface area contributed by atoms with Crippen molar-refractivity contribution < 1.29 is 0 Å². The van der Waals surface area contributed by atoms with Crippen molar-refractivity contribution in [1.82, 2.24) is 0 Å². The van der Waals surface area contributed by atoms with Crippen LogP contribution in [0.25, 0.3) is 0 Å². The van der Waals surface area contributed by atoms with E-state index in [1.807, 2.05) is 0 Å². The molecule has 0 aromatic heterocycles. The Hall–Kier alpha value is 0. The van der Waals surface area contributed by atoms with E-state index in [-0.39, 0.29) is 0 Å². The minimum atomic E-state index is 1.03. The van der Waals surface area contributed by atoms with E-state index in [9.17, 15) is 0 Å². The van der Waals surface area contributed by atoms with Crippen LogP contribution in [0, 0.1) is 11.8 Å². The molecule has 0 saturated heterocycles. The fourth-order valence-electron chi connectivity index (χ4n) is 4.17. The lowest BCUT2D eigenvalue weighted by Gasteiger charge is -2.27. The molecule has 0 aliphatic heterocycles. The van der Waals surface area contributed by atoms with Gasteiger partial charge in [0.05, 0.1) is 0 Å². The zero-order valence-corrected chi connectivity index (χ0v) is 17.9. The van der Waals surface area contributed by atoms with Crippen LogP contribution in [0.3, 0.4) is 0 Å². The van der Waals surface area contributed by atoms with Crippen LogP contribution < -0.4 is 0 Å². The lowest BCUT2D eigenvalue weighted by atomic mass is 9.78. The molecule has 0 heteroatoms. The average molecular weight is 339 g/mol. The highest BCUT2D eigenvalue weighted by Crippen LogP contribution is 2.32. The fraction of sp³-hybridized carbons (Fsp3) is 1.00. The maximum absolute atomic E-state index is 2.36. The van der Waals surface area contributed by atoms with Gasteiger partial charge in [-0.2, -0.15) is 0 Å². The summed E-state index contributed by atoms with van der Waals surface area (Å²) in [6.45, 7) is 9.39. The van der Waals surface area contributed by atoms with Crippen LogP contribution in [-0.2, 0) is 0 Å². The highest BCUT2D eigenvalue weighted by atomic mass is 14.3. The third-order valence-electron chi connectivity index (χ3n) is 5.88. The Bertz CT molecular complexity index is 212. The molecule has 0 fully saturated rings. The van der Waals surface area contributed by atoms with Gasteiger partial charge in [0.2, 0.25) is 0 Å². The van der Waals surface area contributed by atoms with E-state index >= 15 is 0 Å². The molecular formula is C24H50. The molecule has 1 atom stereocenters. The second-order valence-electron chi connectivity index (χ2n) is 8.21. The second-order valence-corrected chi connectivity index (χ2v) is 8.21. The van der Waals surface area contributed by atoms with E-state index in [1.54, 1.807) is 0 Å². The van der Waals surface area contributed by atoms with Crippen molar-refractivity contribution in [3.05, 3.63) is 0 Å². The summed E-state index contributed by atoms with van der Waals surface area (Å²) in [5.74, 6) is 2.06. The van der Waals surface area contributed by atoms with Gasteiger partial charge in [0.15, 0.2) is 0 Å². The summed E-state index contributed by atoms with van der Waals surface area (Å²) in [5, 5.41) is 0. The second kappa shape index (κ2) is 19.3. The van der Waals surface area contributed by atoms with E-state index in [1.165, 1.54) is 116 Å². The molecule has 0 radical (unpaired) electrons. The van der Waals surface area contributed by atoms with Gasteiger partial charge < -0.3 is 0 Å². The van der Waals surface area contributed by atoms with Crippen LogP contribution in [-0.4, -0.2) is 0 Å². The van der Waals surface area contributed by atoms with Gasteiger partial charge in [0.25, 0.3) is 0 Å². The Kier molecular flexibility index (Phi) is 19.3. The van der Waals surface area contributed by atoms with Gasteiger partial charge in [-0.25, -0.2) is 0 Å². The maximum atomic E-state index is 2.36. The van der Waals surface area contributed by atoms with Crippen molar-refractivity contribution in [1.29, 1.82) is 0 Å². The summed E-state index contributed by atoms with van der Waals surface area (Å²) < 4.78 is 0. The number of hydrogen-bond acceptors (Lipinski definition) is 0. The van der Waals surface area contributed by atoms with Gasteiger partial charge in [-0.15, -0.1) is 0 Å². The van der Waals surface area contributed by atoms with E-state index in [4.69, 9.17) is 0 Å². The molecule has 0 aromatic rings. The minimum Gasteiger partial charge on any atom is -0.0654 e. The number of unbranched alkanes of at least 4 members (excludes halogenated alkanes) is 10. The average Bonchev–Trinajstić information content (AvgIpc) is 2.60. The van der Waals surface area contributed by atoms with Gasteiger partial charge in [-0.1, -0.05) is 143 Å². The highest BCUT2D eigenvalue weighted by Gasteiger charge is 2.19. The molecule has 0 saturated carbocycles. The minimum absolute atomic E-state index is 1.03. The van der Waals surface area contributed by atoms with Crippen LogP contribution >= 0.6 is 0 Å². The van der Waals surface area contributed by atoms with Gasteiger partial charge in [-0.05, 0) is 11.8 Å². The summed E-state index contributed by atoms with van der Waals surface area (Å²) in [5.41, 5.74) is 0. The highest BCUT2D eigenvalue weighted by molar-refractivity contribution is 4.71. The van der Waals surface area contributed by atoms with Crippen molar-refractivity contribution in [2.45, 2.75) is 143 Å². The number of rotatable bonds is 19. The molecule has 0 heterocycles. The van der Waals surface area contributed by atoms with Crippen LogP contribution in [0.15, 0.2) is 0 Å². The van der Waals surface area contributed by atoms with E-state index in [2.05, 4.69) is 27.7 Å². The van der Waals surface area contributed by atoms with Crippen LogP contribution in [0.5, 0.6) is 0 Å². The van der Waals surface area contributed by atoms with Crippen LogP contribution in [0.1, 0.15) is 143 Å². The van der Waals surface area contributed by atoms with Crippen molar-refractivity contribution >= 4 is 0 Å². The molecule has 0 N–H and O–H groups in total. The zero-order chi connectivity index (χ0) is 17.9. The fourth-order valence-corrected chi connectivity index (χ4v) is 4.17. The molecule has 0 aliphatic carbocycles. The molecule has 0 aromatic carbocycles. The number of hydrogen-bond donors (Lipinski definition) is 0. The van der Waals surface area contributed by atoms with E-state index in [0.29, 0.717) is 0 Å². The van der Waals surface area contributed by atoms with E-state index < -0.39 is 0 Å². The van der Waals surface area contributed by atoms with E-state index in [0.717, 1.165) is 11.8 Å². The molecule has 0 aliphatic rings. The van der Waals surface area contributed by atoms with Crippen molar-refractivity contribution in [3.63, 3.8) is 0 Å². The molecule has 0 bridgehead atoms. The SMILES string of the molecule is CCCCCCCCCCC(CCCC)C(CCCC)CCCC. The normalized spacial score (nSPS) is 12.9. The predicted octanol–water partition coefficient (Wildman–Crippen LogP) is 9.32. The Morgan fingerprint density at radius 1 is 0.333 bits per heavy atom. The molecule has 146 valence electrons. The molecule has 0 nitrogen and oxygen atoms in total. The molecule has 24 heavy (non-hydrogen) atoms. The zero-order valence-electron chi connectivity index (χ0n) is 17.9. The van der Waals surface area contributed by atoms with Gasteiger partial charge in [0.1, 0.15) is 0 Å². The molecule has 1 unspecified atom stereocenters. The van der Waals surface area contributed by atoms with Crippen LogP contribution in [0.4, 0.5) is 0 Å². The Morgan fingerprint density at radius 2 is 0.625 bits per heavy atom. The van der Waals surface area contributed by atoms with Gasteiger partial charge in [0, 0.05) is 0 Å².